The first kappa shape index (κ1) is 30.0. The van der Waals surface area contributed by atoms with Gasteiger partial charge in [-0.2, -0.15) is 13.2 Å². The Morgan fingerprint density at radius 1 is 1.16 bits per heavy atom. The zero-order valence-electron chi connectivity index (χ0n) is 19.9. The number of halogens is 3. The molecule has 2 aromatic rings. The number of primary sulfonamides is 1. The summed E-state index contributed by atoms with van der Waals surface area (Å²) in [6.07, 6.45) is -0.147. The minimum absolute atomic E-state index is 0.244. The van der Waals surface area contributed by atoms with Crippen molar-refractivity contribution in [2.24, 2.45) is 5.14 Å². The van der Waals surface area contributed by atoms with Gasteiger partial charge in [0.25, 0.3) is 9.84 Å². The largest absolute Gasteiger partial charge is 0.501 e. The van der Waals surface area contributed by atoms with Gasteiger partial charge in [0.05, 0.1) is 10.6 Å². The molecule has 1 unspecified atom stereocenters. The Hall–Kier alpha value is -2.53. The number of hydrogen-bond acceptors (Lipinski definition) is 8. The topological polar surface area (TPSA) is 159 Å². The van der Waals surface area contributed by atoms with E-state index in [9.17, 15) is 34.8 Å². The van der Waals surface area contributed by atoms with E-state index in [1.165, 1.54) is 11.8 Å². The zero-order chi connectivity index (χ0) is 28.1. The molecule has 1 fully saturated rings. The van der Waals surface area contributed by atoms with Crippen LogP contribution in [0.2, 0.25) is 0 Å². The molecule has 0 saturated carbocycles. The van der Waals surface area contributed by atoms with Gasteiger partial charge in [0, 0.05) is 42.4 Å². The van der Waals surface area contributed by atoms with Gasteiger partial charge in [0.1, 0.15) is 4.90 Å². The number of alkyl halides is 3. The van der Waals surface area contributed by atoms with E-state index >= 15 is 0 Å². The van der Waals surface area contributed by atoms with Gasteiger partial charge in [-0.15, -0.1) is 11.8 Å². The van der Waals surface area contributed by atoms with Gasteiger partial charge in [-0.1, -0.05) is 18.2 Å². The van der Waals surface area contributed by atoms with Crippen LogP contribution in [0.3, 0.4) is 0 Å². The SMILES string of the molecule is NS(=O)(=O)c1ccc(NC(CCN2CC[C@H](NC(=O)O)C2)CSc2ccccc2)c(S(=O)(=O)C(F)(F)F)c1. The van der Waals surface area contributed by atoms with Gasteiger partial charge in [-0.05, 0) is 43.2 Å². The van der Waals surface area contributed by atoms with Gasteiger partial charge in [-0.25, -0.2) is 26.8 Å². The van der Waals surface area contributed by atoms with Crippen LogP contribution >= 0.6 is 11.8 Å². The molecule has 1 amide bonds. The van der Waals surface area contributed by atoms with E-state index in [-0.39, 0.29) is 6.04 Å². The Morgan fingerprint density at radius 2 is 1.84 bits per heavy atom. The van der Waals surface area contributed by atoms with Gasteiger partial charge >= 0.3 is 11.6 Å². The summed E-state index contributed by atoms with van der Waals surface area (Å²) in [6, 6.07) is 10.7. The monoisotopic (exact) mass is 596 g/mol. The lowest BCUT2D eigenvalue weighted by molar-refractivity contribution is -0.0435. The number of amides is 1. The van der Waals surface area contributed by atoms with E-state index in [1.807, 2.05) is 35.2 Å². The molecule has 1 heterocycles. The minimum Gasteiger partial charge on any atom is -0.465 e. The number of sulfone groups is 1. The standard InChI is InChI=1S/C22H27F3N4O6S3/c23-22(24,25)37(32,33)20-12-18(38(26,34)35)6-7-19(20)27-16(14-36-17-4-2-1-3-5-17)9-11-29-10-8-15(13-29)28-21(30)31/h1-7,12,15-16,27-28H,8-11,13-14H2,(H,30,31)(H2,26,34,35)/t15-,16?/m0/s1. The summed E-state index contributed by atoms with van der Waals surface area (Å²) in [4.78, 5) is 11.8. The number of anilines is 1. The number of nitrogens with two attached hydrogens (primary N) is 1. The number of carbonyl (C=O) groups is 1. The molecular formula is C22H27F3N4O6S3. The number of benzene rings is 2. The third kappa shape index (κ3) is 7.99. The number of sulfonamides is 1. The van der Waals surface area contributed by atoms with Crippen molar-refractivity contribution in [3.8, 4) is 0 Å². The first-order valence-corrected chi connectivity index (χ1v) is 15.3. The Labute approximate surface area is 222 Å². The molecule has 38 heavy (non-hydrogen) atoms. The fraction of sp³-hybridized carbons (Fsp3) is 0.409. The van der Waals surface area contributed by atoms with Crippen LogP contribution in [-0.2, 0) is 19.9 Å². The number of hydrogen-bond donors (Lipinski definition) is 4. The molecule has 16 heteroatoms. The summed E-state index contributed by atoms with van der Waals surface area (Å²) in [5.74, 6) is 0.344. The first-order chi connectivity index (χ1) is 17.7. The summed E-state index contributed by atoms with van der Waals surface area (Å²) < 4.78 is 88.5. The molecular weight excluding hydrogens is 569 g/mol. The second-order valence-electron chi connectivity index (χ2n) is 8.64. The highest BCUT2D eigenvalue weighted by atomic mass is 32.2. The third-order valence-electron chi connectivity index (χ3n) is 5.82. The maximum absolute atomic E-state index is 13.5. The first-order valence-electron chi connectivity index (χ1n) is 11.3. The van der Waals surface area contributed by atoms with E-state index in [0.717, 1.165) is 17.0 Å². The number of likely N-dealkylation sites (tertiary alicyclic amines) is 1. The van der Waals surface area contributed by atoms with Crippen LogP contribution in [0.15, 0.2) is 63.2 Å². The summed E-state index contributed by atoms with van der Waals surface area (Å²) in [5.41, 5.74) is -6.07. The van der Waals surface area contributed by atoms with E-state index in [4.69, 9.17) is 10.2 Å². The van der Waals surface area contributed by atoms with Crippen LogP contribution in [0, 0.1) is 0 Å². The third-order valence-corrected chi connectivity index (χ3v) is 9.44. The average molecular weight is 597 g/mol. The molecule has 5 N–H and O–H groups in total. The Balaban J connectivity index is 1.87. The molecule has 10 nitrogen and oxygen atoms in total. The maximum Gasteiger partial charge on any atom is 0.501 e. The van der Waals surface area contributed by atoms with E-state index in [2.05, 4.69) is 10.6 Å². The predicted molar refractivity (Wildman–Crippen MR) is 136 cm³/mol. The normalized spacial score (nSPS) is 17.7. The molecule has 2 aromatic carbocycles. The van der Waals surface area contributed by atoms with Crippen LogP contribution in [-0.4, -0.2) is 75.9 Å². The minimum atomic E-state index is -5.92. The lowest BCUT2D eigenvalue weighted by atomic mass is 10.2. The lowest BCUT2D eigenvalue weighted by Crippen LogP contribution is -2.37. The summed E-state index contributed by atoms with van der Waals surface area (Å²) >= 11 is 1.41. The summed E-state index contributed by atoms with van der Waals surface area (Å²) in [6.45, 7) is 1.53. The molecule has 3 rings (SSSR count). The molecule has 0 aliphatic carbocycles. The second-order valence-corrected chi connectivity index (χ2v) is 13.2. The quantitative estimate of drug-likeness (QED) is 0.286. The average Bonchev–Trinajstić information content (AvgIpc) is 3.26. The maximum atomic E-state index is 13.5. The van der Waals surface area contributed by atoms with Crippen molar-refractivity contribution in [2.45, 2.75) is 45.1 Å². The van der Waals surface area contributed by atoms with Gasteiger partial charge in [-0.3, -0.25) is 0 Å². The summed E-state index contributed by atoms with van der Waals surface area (Å²) in [5, 5.41) is 19.2. The fourth-order valence-electron chi connectivity index (χ4n) is 3.94. The van der Waals surface area contributed by atoms with Crippen LogP contribution in [0.1, 0.15) is 12.8 Å². The van der Waals surface area contributed by atoms with Crippen LogP contribution in [0.5, 0.6) is 0 Å². The fourth-order valence-corrected chi connectivity index (χ4v) is 6.50. The van der Waals surface area contributed by atoms with Crippen molar-refractivity contribution in [3.05, 3.63) is 48.5 Å². The van der Waals surface area contributed by atoms with Crippen molar-refractivity contribution in [1.82, 2.24) is 10.2 Å². The molecule has 1 aliphatic heterocycles. The number of carboxylic acid groups (broad SMARTS) is 1. The highest BCUT2D eigenvalue weighted by molar-refractivity contribution is 7.99. The smallest absolute Gasteiger partial charge is 0.465 e. The highest BCUT2D eigenvalue weighted by Gasteiger charge is 2.48. The van der Waals surface area contributed by atoms with Gasteiger partial charge in [0.15, 0.2) is 0 Å². The van der Waals surface area contributed by atoms with E-state index < -0.39 is 53.0 Å². The van der Waals surface area contributed by atoms with E-state index in [1.54, 1.807) is 0 Å². The number of thioether (sulfide) groups is 1. The number of nitrogens with one attached hydrogen (secondary N) is 2. The molecule has 0 radical (unpaired) electrons. The molecule has 1 aliphatic rings. The summed E-state index contributed by atoms with van der Waals surface area (Å²) in [7, 11) is -10.4. The lowest BCUT2D eigenvalue weighted by Gasteiger charge is -2.25. The molecule has 0 spiro atoms. The predicted octanol–water partition coefficient (Wildman–Crippen LogP) is 2.93. The van der Waals surface area contributed by atoms with Crippen LogP contribution in [0.4, 0.5) is 23.7 Å². The molecule has 1 saturated heterocycles. The second kappa shape index (κ2) is 12.1. The number of nitrogens with zero attached hydrogens (tertiary/aromatic N) is 1. The van der Waals surface area contributed by atoms with E-state index in [0.29, 0.717) is 44.3 Å². The van der Waals surface area contributed by atoms with Crippen molar-refractivity contribution in [1.29, 1.82) is 0 Å². The van der Waals surface area contributed by atoms with Crippen molar-refractivity contribution < 1.29 is 39.9 Å². The van der Waals surface area contributed by atoms with Gasteiger partial charge in [0.2, 0.25) is 10.0 Å². The van der Waals surface area contributed by atoms with Crippen molar-refractivity contribution in [3.63, 3.8) is 0 Å². The highest BCUT2D eigenvalue weighted by Crippen LogP contribution is 2.36. The van der Waals surface area contributed by atoms with Crippen LogP contribution in [0.25, 0.3) is 0 Å². The Morgan fingerprint density at radius 3 is 2.45 bits per heavy atom. The Bertz CT molecular complexity index is 1340. The molecule has 210 valence electrons. The molecule has 2 atom stereocenters. The van der Waals surface area contributed by atoms with Crippen LogP contribution < -0.4 is 15.8 Å². The van der Waals surface area contributed by atoms with Crippen molar-refractivity contribution >= 4 is 43.4 Å². The van der Waals surface area contributed by atoms with Gasteiger partial charge < -0.3 is 20.6 Å². The molecule has 0 aromatic heterocycles. The molecule has 0 bridgehead atoms. The van der Waals surface area contributed by atoms with Crippen molar-refractivity contribution in [2.75, 3.05) is 30.7 Å². The zero-order valence-corrected chi connectivity index (χ0v) is 22.3. The Kier molecular flexibility index (Phi) is 9.57. The number of rotatable bonds is 11.